The Morgan fingerprint density at radius 2 is 2.23 bits per heavy atom. The zero-order chi connectivity index (χ0) is 9.36. The van der Waals surface area contributed by atoms with Gasteiger partial charge >= 0.3 is 0 Å². The van der Waals surface area contributed by atoms with E-state index < -0.39 is 0 Å². The molecule has 0 radical (unpaired) electrons. The first-order valence-electron chi connectivity index (χ1n) is 4.84. The molecule has 0 atom stereocenters. The lowest BCUT2D eigenvalue weighted by molar-refractivity contribution is 0.290. The maximum absolute atomic E-state index is 5.38. The Morgan fingerprint density at radius 1 is 1.31 bits per heavy atom. The van der Waals surface area contributed by atoms with Crippen molar-refractivity contribution < 1.29 is 4.74 Å². The van der Waals surface area contributed by atoms with Crippen LogP contribution < -0.4 is 4.74 Å². The average Bonchev–Trinajstić information content (AvgIpc) is 2.19. The minimum atomic E-state index is 0.624. The van der Waals surface area contributed by atoms with Crippen LogP contribution in [0.25, 0.3) is 0 Å². The first-order valence-corrected chi connectivity index (χ1v) is 4.84. The van der Waals surface area contributed by atoms with Crippen LogP contribution in [-0.4, -0.2) is 16.8 Å². The molecule has 0 fully saturated rings. The Labute approximate surface area is 79.1 Å². The zero-order valence-corrected chi connectivity index (χ0v) is 8.07. The van der Waals surface area contributed by atoms with Crippen LogP contribution in [0.4, 0.5) is 0 Å². The highest BCUT2D eigenvalue weighted by molar-refractivity contribution is 5.04. The summed E-state index contributed by atoms with van der Waals surface area (Å²) in [7, 11) is 0. The Morgan fingerprint density at radius 3 is 2.92 bits per heavy atom. The van der Waals surface area contributed by atoms with Crippen molar-refractivity contribution in [2.24, 2.45) is 0 Å². The van der Waals surface area contributed by atoms with E-state index in [2.05, 4.69) is 17.1 Å². The van der Waals surface area contributed by atoms with Crippen molar-refractivity contribution in [3.05, 3.63) is 18.3 Å². The summed E-state index contributed by atoms with van der Waals surface area (Å²) in [5.41, 5.74) is 0. The molecule has 0 unspecified atom stereocenters. The Balaban J connectivity index is 2.07. The number of aromatic nitrogens is 2. The van der Waals surface area contributed by atoms with Gasteiger partial charge in [-0.25, -0.2) is 0 Å². The monoisotopic (exact) mass is 180 g/mol. The Kier molecular flexibility index (Phi) is 4.91. The summed E-state index contributed by atoms with van der Waals surface area (Å²) in [4.78, 5) is 0. The second-order valence-corrected chi connectivity index (χ2v) is 2.97. The summed E-state index contributed by atoms with van der Waals surface area (Å²) in [6.07, 6.45) is 6.51. The molecule has 3 heteroatoms. The number of hydrogen-bond acceptors (Lipinski definition) is 3. The van der Waals surface area contributed by atoms with Crippen LogP contribution in [0, 0.1) is 0 Å². The Bertz CT molecular complexity index is 213. The van der Waals surface area contributed by atoms with Crippen LogP contribution >= 0.6 is 0 Å². The molecule has 1 aromatic rings. The van der Waals surface area contributed by atoms with E-state index in [-0.39, 0.29) is 0 Å². The molecular weight excluding hydrogens is 164 g/mol. The molecule has 0 bridgehead atoms. The summed E-state index contributed by atoms with van der Waals surface area (Å²) in [5.74, 6) is 0.624. The van der Waals surface area contributed by atoms with Crippen molar-refractivity contribution in [1.82, 2.24) is 10.2 Å². The molecule has 3 nitrogen and oxygen atoms in total. The molecule has 0 saturated heterocycles. The second-order valence-electron chi connectivity index (χ2n) is 2.97. The molecule has 1 heterocycles. The molecule has 0 saturated carbocycles. The van der Waals surface area contributed by atoms with Crippen LogP contribution in [0.5, 0.6) is 5.88 Å². The molecule has 0 aliphatic carbocycles. The molecule has 13 heavy (non-hydrogen) atoms. The van der Waals surface area contributed by atoms with E-state index in [0.29, 0.717) is 5.88 Å². The summed E-state index contributed by atoms with van der Waals surface area (Å²) >= 11 is 0. The number of rotatable bonds is 6. The molecule has 0 aliphatic heterocycles. The van der Waals surface area contributed by atoms with Gasteiger partial charge in [0.2, 0.25) is 5.88 Å². The summed E-state index contributed by atoms with van der Waals surface area (Å²) < 4.78 is 5.38. The topological polar surface area (TPSA) is 35.0 Å². The predicted octanol–water partition coefficient (Wildman–Crippen LogP) is 2.44. The van der Waals surface area contributed by atoms with Crippen LogP contribution in [0.3, 0.4) is 0 Å². The highest BCUT2D eigenvalue weighted by Crippen LogP contribution is 2.04. The quantitative estimate of drug-likeness (QED) is 0.631. The third-order valence-electron chi connectivity index (χ3n) is 1.80. The molecule has 0 amide bonds. The van der Waals surface area contributed by atoms with Gasteiger partial charge in [0.05, 0.1) is 6.61 Å². The van der Waals surface area contributed by atoms with E-state index in [1.54, 1.807) is 6.20 Å². The highest BCUT2D eigenvalue weighted by atomic mass is 16.5. The van der Waals surface area contributed by atoms with Gasteiger partial charge in [0.1, 0.15) is 0 Å². The van der Waals surface area contributed by atoms with Crippen molar-refractivity contribution in [2.45, 2.75) is 32.6 Å². The largest absolute Gasteiger partial charge is 0.477 e. The molecule has 1 aromatic heterocycles. The first-order chi connectivity index (χ1) is 6.43. The summed E-state index contributed by atoms with van der Waals surface area (Å²) in [6.45, 7) is 2.95. The Hall–Kier alpha value is -1.12. The minimum absolute atomic E-state index is 0.624. The fourth-order valence-electron chi connectivity index (χ4n) is 1.07. The van der Waals surface area contributed by atoms with Crippen molar-refractivity contribution in [1.29, 1.82) is 0 Å². The van der Waals surface area contributed by atoms with Gasteiger partial charge in [-0.3, -0.25) is 0 Å². The van der Waals surface area contributed by atoms with E-state index in [0.717, 1.165) is 13.0 Å². The number of unbranched alkanes of at least 4 members (excludes halogenated alkanes) is 3. The molecule has 0 aromatic carbocycles. The fraction of sp³-hybridized carbons (Fsp3) is 0.600. The third kappa shape index (κ3) is 4.45. The molecule has 0 spiro atoms. The lowest BCUT2D eigenvalue weighted by Gasteiger charge is -2.02. The smallest absolute Gasteiger partial charge is 0.233 e. The van der Waals surface area contributed by atoms with Crippen LogP contribution in [0.15, 0.2) is 18.3 Å². The third-order valence-corrected chi connectivity index (χ3v) is 1.80. The van der Waals surface area contributed by atoms with E-state index in [9.17, 15) is 0 Å². The molecule has 1 rings (SSSR count). The lowest BCUT2D eigenvalue weighted by atomic mass is 10.2. The van der Waals surface area contributed by atoms with Gasteiger partial charge in [-0.05, 0) is 12.5 Å². The molecule has 0 aliphatic rings. The van der Waals surface area contributed by atoms with Crippen LogP contribution in [0.1, 0.15) is 32.6 Å². The number of nitrogens with zero attached hydrogens (tertiary/aromatic N) is 2. The van der Waals surface area contributed by atoms with Crippen LogP contribution in [-0.2, 0) is 0 Å². The standard InChI is InChI=1S/C10H16N2O/c1-2-3-4-5-9-13-10-7-6-8-11-12-10/h6-8H,2-5,9H2,1H3. The maximum Gasteiger partial charge on any atom is 0.233 e. The zero-order valence-electron chi connectivity index (χ0n) is 8.07. The van der Waals surface area contributed by atoms with Gasteiger partial charge in [0, 0.05) is 12.3 Å². The van der Waals surface area contributed by atoms with E-state index in [1.807, 2.05) is 12.1 Å². The SMILES string of the molecule is CCCCCCOc1cccnn1. The minimum Gasteiger partial charge on any atom is -0.477 e. The van der Waals surface area contributed by atoms with Gasteiger partial charge in [-0.1, -0.05) is 26.2 Å². The maximum atomic E-state index is 5.38. The lowest BCUT2D eigenvalue weighted by Crippen LogP contribution is -1.99. The van der Waals surface area contributed by atoms with Gasteiger partial charge in [0.25, 0.3) is 0 Å². The van der Waals surface area contributed by atoms with Crippen LogP contribution in [0.2, 0.25) is 0 Å². The van der Waals surface area contributed by atoms with Crippen molar-refractivity contribution >= 4 is 0 Å². The normalized spacial score (nSPS) is 9.92. The second kappa shape index (κ2) is 6.40. The average molecular weight is 180 g/mol. The fourth-order valence-corrected chi connectivity index (χ4v) is 1.07. The van der Waals surface area contributed by atoms with E-state index in [1.165, 1.54) is 19.3 Å². The number of ether oxygens (including phenoxy) is 1. The van der Waals surface area contributed by atoms with E-state index >= 15 is 0 Å². The van der Waals surface area contributed by atoms with Gasteiger partial charge in [-0.2, -0.15) is 5.10 Å². The van der Waals surface area contributed by atoms with Crippen molar-refractivity contribution in [3.63, 3.8) is 0 Å². The van der Waals surface area contributed by atoms with Crippen molar-refractivity contribution in [2.75, 3.05) is 6.61 Å². The van der Waals surface area contributed by atoms with Crippen molar-refractivity contribution in [3.8, 4) is 5.88 Å². The first kappa shape index (κ1) is 9.96. The van der Waals surface area contributed by atoms with Gasteiger partial charge < -0.3 is 4.74 Å². The molecule has 0 N–H and O–H groups in total. The highest BCUT2D eigenvalue weighted by Gasteiger charge is 1.93. The molecular formula is C10H16N2O. The predicted molar refractivity (Wildman–Crippen MR) is 51.7 cm³/mol. The molecule has 72 valence electrons. The van der Waals surface area contributed by atoms with E-state index in [4.69, 9.17) is 4.74 Å². The van der Waals surface area contributed by atoms with Gasteiger partial charge in [-0.15, -0.1) is 5.10 Å². The van der Waals surface area contributed by atoms with Gasteiger partial charge in [0.15, 0.2) is 0 Å². The number of hydrogen-bond donors (Lipinski definition) is 0. The summed E-state index contributed by atoms with van der Waals surface area (Å²) in [5, 5.41) is 7.55. The summed E-state index contributed by atoms with van der Waals surface area (Å²) in [6, 6.07) is 3.65.